The van der Waals surface area contributed by atoms with Crippen molar-refractivity contribution in [3.8, 4) is 5.75 Å². The van der Waals surface area contributed by atoms with Crippen LogP contribution in [0, 0.1) is 11.7 Å². The van der Waals surface area contributed by atoms with Gasteiger partial charge in [0.15, 0.2) is 12.3 Å². The van der Waals surface area contributed by atoms with Gasteiger partial charge < -0.3 is 30.2 Å². The van der Waals surface area contributed by atoms with E-state index in [0.717, 1.165) is 11.1 Å². The van der Waals surface area contributed by atoms with E-state index in [-0.39, 0.29) is 42.3 Å². The molecule has 2 aromatic carbocycles. The molecule has 42 heavy (non-hydrogen) atoms. The second-order valence-corrected chi connectivity index (χ2v) is 10.2. The third kappa shape index (κ3) is 6.89. The Morgan fingerprint density at radius 2 is 1.86 bits per heavy atom. The molecule has 0 aromatic heterocycles. The standard InChI is InChI=1S/C29H31FN4O6.C2H6/c1-15(2)25-26(36)32-21(28-33-22(14-39-28)29(37)38-3)13-20-19-12-16(5-11-24(35)34-25)4-10-23(19)40-27(20)31-18-8-6-17(30)7-9-18;1-2/h4,6-10,12-13,15,20,22,25,27,31H,5,11,14H2,1-3H3,(H,32,36)(H,34,35);1-2H3/b21-13+;/t20-,22?,25?,27-;/m1./s1. The summed E-state index contributed by atoms with van der Waals surface area (Å²) in [6, 6.07) is 9.93. The fourth-order valence-electron chi connectivity index (χ4n) is 4.87. The summed E-state index contributed by atoms with van der Waals surface area (Å²) in [7, 11) is 1.27. The van der Waals surface area contributed by atoms with Crippen molar-refractivity contribution in [2.45, 2.75) is 64.8 Å². The zero-order valence-electron chi connectivity index (χ0n) is 24.4. The summed E-state index contributed by atoms with van der Waals surface area (Å²) in [6.45, 7) is 7.64. The van der Waals surface area contributed by atoms with Gasteiger partial charge in [-0.15, -0.1) is 0 Å². The highest BCUT2D eigenvalue weighted by atomic mass is 19.1. The molecule has 3 heterocycles. The Labute approximate surface area is 244 Å². The Morgan fingerprint density at radius 3 is 2.55 bits per heavy atom. The summed E-state index contributed by atoms with van der Waals surface area (Å²) < 4.78 is 30.4. The number of anilines is 1. The van der Waals surface area contributed by atoms with E-state index in [4.69, 9.17) is 14.2 Å². The Bertz CT molecular complexity index is 1370. The fourth-order valence-corrected chi connectivity index (χ4v) is 4.87. The number of methoxy groups -OCH3 is 1. The van der Waals surface area contributed by atoms with Crippen molar-refractivity contribution in [3.05, 3.63) is 71.2 Å². The van der Waals surface area contributed by atoms with E-state index >= 15 is 0 Å². The molecule has 0 aliphatic carbocycles. The predicted octanol–water partition coefficient (Wildman–Crippen LogP) is 3.82. The number of aryl methyl sites for hydroxylation is 1. The van der Waals surface area contributed by atoms with Crippen LogP contribution < -0.4 is 20.7 Å². The predicted molar refractivity (Wildman–Crippen MR) is 155 cm³/mol. The van der Waals surface area contributed by atoms with Crippen molar-refractivity contribution in [2.75, 3.05) is 19.0 Å². The molecule has 5 rings (SSSR count). The van der Waals surface area contributed by atoms with Gasteiger partial charge in [0, 0.05) is 17.7 Å². The van der Waals surface area contributed by atoms with Gasteiger partial charge in [-0.1, -0.05) is 39.8 Å². The number of benzene rings is 2. The number of nitrogens with one attached hydrogen (secondary N) is 3. The normalized spacial score (nSPS) is 24.5. The Balaban J connectivity index is 0.00000198. The lowest BCUT2D eigenvalue weighted by Crippen LogP contribution is -2.50. The van der Waals surface area contributed by atoms with Gasteiger partial charge in [-0.3, -0.25) is 9.59 Å². The van der Waals surface area contributed by atoms with Crippen molar-refractivity contribution in [1.82, 2.24) is 10.6 Å². The van der Waals surface area contributed by atoms with Gasteiger partial charge >= 0.3 is 5.97 Å². The number of nitrogens with zero attached hydrogens (tertiary/aromatic N) is 1. The second-order valence-electron chi connectivity index (χ2n) is 10.2. The first-order chi connectivity index (χ1) is 20.2. The first-order valence-corrected chi connectivity index (χ1v) is 14.1. The lowest BCUT2D eigenvalue weighted by molar-refractivity contribution is -0.142. The number of carbonyl (C=O) groups is 3. The number of aliphatic imine (C=N–C) groups is 1. The van der Waals surface area contributed by atoms with Gasteiger partial charge in [-0.05, 0) is 54.3 Å². The largest absolute Gasteiger partial charge is 0.473 e. The second kappa shape index (κ2) is 13.5. The van der Waals surface area contributed by atoms with Crippen LogP contribution in [-0.4, -0.2) is 55.7 Å². The number of carbonyl (C=O) groups excluding carboxylic acids is 3. The van der Waals surface area contributed by atoms with E-state index in [1.165, 1.54) is 19.2 Å². The average Bonchev–Trinajstić information content (AvgIpc) is 3.61. The van der Waals surface area contributed by atoms with Gasteiger partial charge in [-0.2, -0.15) is 0 Å². The van der Waals surface area contributed by atoms with Crippen molar-refractivity contribution >= 4 is 29.4 Å². The first-order valence-electron chi connectivity index (χ1n) is 14.1. The number of fused-ring (bicyclic) bond motifs is 1. The van der Waals surface area contributed by atoms with Crippen molar-refractivity contribution < 1.29 is 33.0 Å². The molecule has 2 unspecified atom stereocenters. The zero-order chi connectivity index (χ0) is 30.4. The van der Waals surface area contributed by atoms with Crippen LogP contribution in [0.5, 0.6) is 5.75 Å². The zero-order valence-corrected chi connectivity index (χ0v) is 24.4. The van der Waals surface area contributed by atoms with Gasteiger partial charge in [0.25, 0.3) is 0 Å². The Morgan fingerprint density at radius 1 is 1.12 bits per heavy atom. The minimum absolute atomic E-state index is 0.0429. The van der Waals surface area contributed by atoms with Gasteiger partial charge in [0.05, 0.1) is 13.0 Å². The number of hydrogen-bond acceptors (Lipinski definition) is 8. The maximum atomic E-state index is 13.5. The molecule has 0 spiro atoms. The van der Waals surface area contributed by atoms with Crippen LogP contribution in [0.1, 0.15) is 51.2 Å². The fraction of sp³-hybridized carbons (Fsp3) is 0.419. The van der Waals surface area contributed by atoms with Crippen LogP contribution >= 0.6 is 0 Å². The molecular weight excluding hydrogens is 543 g/mol. The SMILES string of the molecule is CC.COC(=O)C1COC(/C2=C\[C@@H]3c4cc(ccc4O[C@H]3Nc3ccc(F)cc3)CCC(=O)NC(C(C)C)C(=O)N2)=N1. The third-order valence-electron chi connectivity index (χ3n) is 7.03. The van der Waals surface area contributed by atoms with Gasteiger partial charge in [-0.25, -0.2) is 14.2 Å². The summed E-state index contributed by atoms with van der Waals surface area (Å²) in [5, 5.41) is 9.02. The van der Waals surface area contributed by atoms with Crippen LogP contribution in [0.4, 0.5) is 10.1 Å². The topological polar surface area (TPSA) is 127 Å². The number of hydrogen-bond donors (Lipinski definition) is 3. The average molecular weight is 581 g/mol. The van der Waals surface area contributed by atoms with Crippen LogP contribution in [0.2, 0.25) is 0 Å². The third-order valence-corrected chi connectivity index (χ3v) is 7.03. The molecule has 3 aliphatic rings. The van der Waals surface area contributed by atoms with Crippen LogP contribution in [0.15, 0.2) is 59.2 Å². The van der Waals surface area contributed by atoms with E-state index in [1.54, 1.807) is 18.2 Å². The lowest BCUT2D eigenvalue weighted by Gasteiger charge is -2.23. The van der Waals surface area contributed by atoms with Crippen molar-refractivity contribution in [3.63, 3.8) is 0 Å². The molecule has 2 aromatic rings. The summed E-state index contributed by atoms with van der Waals surface area (Å²) in [6.07, 6.45) is 1.81. The molecule has 3 N–H and O–H groups in total. The van der Waals surface area contributed by atoms with Gasteiger partial charge in [0.2, 0.25) is 17.7 Å². The van der Waals surface area contributed by atoms with E-state index < -0.39 is 36.1 Å². The van der Waals surface area contributed by atoms with Crippen molar-refractivity contribution in [1.29, 1.82) is 0 Å². The molecule has 0 radical (unpaired) electrons. The monoisotopic (exact) mass is 580 g/mol. The number of ether oxygens (including phenoxy) is 3. The lowest BCUT2D eigenvalue weighted by atomic mass is 9.94. The molecule has 2 amide bonds. The van der Waals surface area contributed by atoms with E-state index in [9.17, 15) is 18.8 Å². The highest BCUT2D eigenvalue weighted by Crippen LogP contribution is 2.41. The van der Waals surface area contributed by atoms with E-state index in [2.05, 4.69) is 20.9 Å². The smallest absolute Gasteiger partial charge is 0.334 e. The number of esters is 1. The number of rotatable bonds is 5. The van der Waals surface area contributed by atoms with Crippen LogP contribution in [-0.2, 0) is 30.3 Å². The summed E-state index contributed by atoms with van der Waals surface area (Å²) in [5.41, 5.74) is 2.62. The van der Waals surface area contributed by atoms with E-state index in [1.807, 2.05) is 45.9 Å². The molecule has 224 valence electrons. The molecule has 4 atom stereocenters. The highest BCUT2D eigenvalue weighted by Gasteiger charge is 2.37. The molecule has 11 heteroatoms. The molecule has 0 fully saturated rings. The molecule has 10 nitrogen and oxygen atoms in total. The Hall–Kier alpha value is -4.41. The quantitative estimate of drug-likeness (QED) is 0.459. The van der Waals surface area contributed by atoms with Crippen LogP contribution in [0.3, 0.4) is 0 Å². The highest BCUT2D eigenvalue weighted by molar-refractivity contribution is 6.01. The first kappa shape index (κ1) is 30.5. The minimum Gasteiger partial charge on any atom is -0.473 e. The molecular formula is C31H37FN4O6. The molecule has 3 aliphatic heterocycles. The minimum atomic E-state index is -0.880. The summed E-state index contributed by atoms with van der Waals surface area (Å²) in [4.78, 5) is 42.8. The molecule has 0 saturated carbocycles. The number of halogens is 1. The van der Waals surface area contributed by atoms with Gasteiger partial charge in [0.1, 0.15) is 29.9 Å². The summed E-state index contributed by atoms with van der Waals surface area (Å²) in [5.74, 6) is -1.60. The molecule has 2 bridgehead atoms. The van der Waals surface area contributed by atoms with Crippen LogP contribution in [0.25, 0.3) is 0 Å². The summed E-state index contributed by atoms with van der Waals surface area (Å²) >= 11 is 0. The molecule has 0 saturated heterocycles. The maximum absolute atomic E-state index is 13.5. The maximum Gasteiger partial charge on any atom is 0.334 e. The number of amides is 2. The Kier molecular flexibility index (Phi) is 9.82. The van der Waals surface area contributed by atoms with E-state index in [0.29, 0.717) is 17.9 Å². The van der Waals surface area contributed by atoms with Crippen molar-refractivity contribution in [2.24, 2.45) is 10.9 Å².